The number of carbonyl (C=O) groups excluding carboxylic acids is 1. The number of nitrogens with zero attached hydrogens (tertiary/aromatic N) is 1. The summed E-state index contributed by atoms with van der Waals surface area (Å²) >= 11 is 0. The molecular weight excluding hydrogens is 378 g/mol. The fourth-order valence-corrected chi connectivity index (χ4v) is 4.61. The van der Waals surface area contributed by atoms with Crippen molar-refractivity contribution in [2.75, 3.05) is 34.7 Å². The second-order valence-electron chi connectivity index (χ2n) is 7.12. The summed E-state index contributed by atoms with van der Waals surface area (Å²) in [4.78, 5) is 15.1. The number of hydrogen-bond donors (Lipinski definition) is 1. The lowest BCUT2D eigenvalue weighted by Gasteiger charge is -2.44. The number of aliphatic hydroxyl groups is 1. The number of rotatable bonds is 3. The molecule has 152 valence electrons. The SMILES string of the molecule is COc1cc2c(c3c1OCO3)[C@@H]1[C@@H](O)c3ccc(OC)c(OC)c3C(=O)N1CC2. The van der Waals surface area contributed by atoms with E-state index in [9.17, 15) is 9.90 Å². The monoisotopic (exact) mass is 399 g/mol. The van der Waals surface area contributed by atoms with Crippen molar-refractivity contribution in [2.24, 2.45) is 0 Å². The van der Waals surface area contributed by atoms with Gasteiger partial charge in [-0.3, -0.25) is 4.79 Å². The maximum atomic E-state index is 13.5. The van der Waals surface area contributed by atoms with E-state index in [0.29, 0.717) is 52.8 Å². The predicted octanol–water partition coefficient (Wildman–Crippen LogP) is 2.23. The molecule has 8 nitrogen and oxygen atoms in total. The largest absolute Gasteiger partial charge is 0.493 e. The molecule has 5 rings (SSSR count). The van der Waals surface area contributed by atoms with Crippen molar-refractivity contribution in [1.82, 2.24) is 4.90 Å². The van der Waals surface area contributed by atoms with Gasteiger partial charge >= 0.3 is 0 Å². The highest BCUT2D eigenvalue weighted by Gasteiger charge is 2.47. The molecule has 29 heavy (non-hydrogen) atoms. The summed E-state index contributed by atoms with van der Waals surface area (Å²) in [5.74, 6) is 2.20. The average Bonchev–Trinajstić information content (AvgIpc) is 3.25. The van der Waals surface area contributed by atoms with Crippen molar-refractivity contribution in [1.29, 1.82) is 0 Å². The Morgan fingerprint density at radius 3 is 2.55 bits per heavy atom. The molecule has 0 radical (unpaired) electrons. The van der Waals surface area contributed by atoms with Crippen LogP contribution in [0.4, 0.5) is 0 Å². The molecule has 3 aliphatic heterocycles. The summed E-state index contributed by atoms with van der Waals surface area (Å²) in [6.45, 7) is 0.524. The standard InChI is InChI=1S/C21H21NO7/c1-25-12-5-4-11-15(18(12)27-3)21(24)22-7-6-10-8-13(26-2)19-20(29-9-28-19)14(10)16(22)17(11)23/h4-5,8,16-17,23H,6-7,9H2,1-3H3/t16-,17+/m1/s1. The molecule has 2 aromatic carbocycles. The number of amides is 1. The third-order valence-electron chi connectivity index (χ3n) is 5.88. The van der Waals surface area contributed by atoms with Crippen LogP contribution >= 0.6 is 0 Å². The van der Waals surface area contributed by atoms with Crippen molar-refractivity contribution in [3.05, 3.63) is 40.5 Å². The maximum absolute atomic E-state index is 13.5. The molecule has 1 amide bonds. The van der Waals surface area contributed by atoms with Gasteiger partial charge < -0.3 is 33.7 Å². The van der Waals surface area contributed by atoms with Crippen molar-refractivity contribution in [3.63, 3.8) is 0 Å². The smallest absolute Gasteiger partial charge is 0.258 e. The molecule has 8 heteroatoms. The Kier molecular flexibility index (Phi) is 3.99. The summed E-state index contributed by atoms with van der Waals surface area (Å²) in [6, 6.07) is 4.73. The second-order valence-corrected chi connectivity index (χ2v) is 7.12. The van der Waals surface area contributed by atoms with Crippen LogP contribution in [0, 0.1) is 0 Å². The van der Waals surface area contributed by atoms with Gasteiger partial charge in [0, 0.05) is 12.1 Å². The van der Waals surface area contributed by atoms with Gasteiger partial charge in [0.2, 0.25) is 12.5 Å². The minimum Gasteiger partial charge on any atom is -0.493 e. The van der Waals surface area contributed by atoms with Crippen LogP contribution in [0.5, 0.6) is 28.7 Å². The Hall–Kier alpha value is -3.13. The van der Waals surface area contributed by atoms with Gasteiger partial charge in [-0.25, -0.2) is 0 Å². The normalized spacial score (nSPS) is 21.2. The minimum atomic E-state index is -0.955. The number of methoxy groups -OCH3 is 3. The van der Waals surface area contributed by atoms with Crippen LogP contribution in [0.25, 0.3) is 0 Å². The number of carbonyl (C=O) groups is 1. The molecule has 1 N–H and O–H groups in total. The molecule has 0 spiro atoms. The first-order valence-electron chi connectivity index (χ1n) is 9.34. The average molecular weight is 399 g/mol. The van der Waals surface area contributed by atoms with Gasteiger partial charge in [-0.2, -0.15) is 0 Å². The van der Waals surface area contributed by atoms with E-state index in [0.717, 1.165) is 11.1 Å². The van der Waals surface area contributed by atoms with Gasteiger partial charge in [-0.1, -0.05) is 6.07 Å². The number of hydrogen-bond acceptors (Lipinski definition) is 7. The first-order chi connectivity index (χ1) is 14.1. The predicted molar refractivity (Wildman–Crippen MR) is 101 cm³/mol. The summed E-state index contributed by atoms with van der Waals surface area (Å²) < 4.78 is 27.6. The highest BCUT2D eigenvalue weighted by Crippen LogP contribution is 2.55. The minimum absolute atomic E-state index is 0.0700. The lowest BCUT2D eigenvalue weighted by atomic mass is 9.80. The fourth-order valence-electron chi connectivity index (χ4n) is 4.61. The zero-order valence-corrected chi connectivity index (χ0v) is 16.4. The molecule has 0 saturated heterocycles. The van der Waals surface area contributed by atoms with Crippen LogP contribution in [-0.4, -0.2) is 50.6 Å². The molecule has 0 aliphatic carbocycles. The molecule has 3 heterocycles. The molecule has 0 bridgehead atoms. The fraction of sp³-hybridized carbons (Fsp3) is 0.381. The third kappa shape index (κ3) is 2.32. The van der Waals surface area contributed by atoms with Crippen molar-refractivity contribution in [2.45, 2.75) is 18.6 Å². The van der Waals surface area contributed by atoms with E-state index in [4.69, 9.17) is 23.7 Å². The van der Waals surface area contributed by atoms with Crippen LogP contribution in [0.3, 0.4) is 0 Å². The van der Waals surface area contributed by atoms with Gasteiger partial charge in [0.25, 0.3) is 5.91 Å². The highest BCUT2D eigenvalue weighted by molar-refractivity contribution is 6.01. The number of aliphatic hydroxyl groups excluding tert-OH is 1. The number of fused-ring (bicyclic) bond motifs is 6. The lowest BCUT2D eigenvalue weighted by molar-refractivity contribution is 0.0199. The summed E-state index contributed by atoms with van der Waals surface area (Å²) in [6.07, 6.45) is -0.345. The zero-order valence-electron chi connectivity index (χ0n) is 16.4. The van der Waals surface area contributed by atoms with Gasteiger partial charge in [0.1, 0.15) is 6.10 Å². The van der Waals surface area contributed by atoms with E-state index in [1.165, 1.54) is 14.2 Å². The van der Waals surface area contributed by atoms with Crippen LogP contribution in [0.2, 0.25) is 0 Å². The van der Waals surface area contributed by atoms with E-state index in [2.05, 4.69) is 0 Å². The van der Waals surface area contributed by atoms with E-state index >= 15 is 0 Å². The quantitative estimate of drug-likeness (QED) is 0.847. The summed E-state index contributed by atoms with van der Waals surface area (Å²) in [5.41, 5.74) is 2.58. The van der Waals surface area contributed by atoms with E-state index in [-0.39, 0.29) is 12.7 Å². The Morgan fingerprint density at radius 2 is 1.83 bits per heavy atom. The van der Waals surface area contributed by atoms with Crippen LogP contribution in [0.15, 0.2) is 18.2 Å². The van der Waals surface area contributed by atoms with Crippen molar-refractivity contribution < 1.29 is 33.6 Å². The van der Waals surface area contributed by atoms with Crippen LogP contribution in [0.1, 0.15) is 39.2 Å². The van der Waals surface area contributed by atoms with Crippen LogP contribution < -0.4 is 23.7 Å². The summed E-state index contributed by atoms with van der Waals surface area (Å²) in [5, 5.41) is 11.3. The maximum Gasteiger partial charge on any atom is 0.258 e. The van der Waals surface area contributed by atoms with Gasteiger partial charge in [-0.05, 0) is 29.7 Å². The zero-order chi connectivity index (χ0) is 20.3. The lowest BCUT2D eigenvalue weighted by Crippen LogP contribution is -2.46. The molecule has 0 unspecified atom stereocenters. The second kappa shape index (κ2) is 6.45. The molecule has 2 aromatic rings. The van der Waals surface area contributed by atoms with Crippen LogP contribution in [-0.2, 0) is 6.42 Å². The number of benzene rings is 2. The number of ether oxygens (including phenoxy) is 5. The first-order valence-corrected chi connectivity index (χ1v) is 9.34. The van der Waals surface area contributed by atoms with E-state index < -0.39 is 12.1 Å². The first kappa shape index (κ1) is 17.9. The van der Waals surface area contributed by atoms with E-state index in [1.807, 2.05) is 6.07 Å². The Balaban J connectivity index is 1.72. The molecular formula is C21H21NO7. The Morgan fingerprint density at radius 1 is 1.07 bits per heavy atom. The van der Waals surface area contributed by atoms with E-state index in [1.54, 1.807) is 24.1 Å². The van der Waals surface area contributed by atoms with Crippen molar-refractivity contribution in [3.8, 4) is 28.7 Å². The molecule has 2 atom stereocenters. The third-order valence-corrected chi connectivity index (χ3v) is 5.88. The van der Waals surface area contributed by atoms with Crippen molar-refractivity contribution >= 4 is 5.91 Å². The Labute approximate surface area is 167 Å². The Bertz CT molecular complexity index is 1020. The van der Waals surface area contributed by atoms with Gasteiger partial charge in [-0.15, -0.1) is 0 Å². The molecule has 0 aromatic heterocycles. The molecule has 3 aliphatic rings. The molecule has 0 fully saturated rings. The van der Waals surface area contributed by atoms with Gasteiger partial charge in [0.15, 0.2) is 23.0 Å². The summed E-state index contributed by atoms with van der Waals surface area (Å²) in [7, 11) is 4.58. The molecule has 0 saturated carbocycles. The topological polar surface area (TPSA) is 86.7 Å². The van der Waals surface area contributed by atoms with Gasteiger partial charge in [0.05, 0.1) is 32.9 Å². The highest BCUT2D eigenvalue weighted by atomic mass is 16.7.